The van der Waals surface area contributed by atoms with Crippen LogP contribution < -0.4 is 20.9 Å². The standard InChI is InChI=1S/C28H41N9O/c1-6-12-36(9-4)14-13-35(5)27-11-10-23(21-31-27)32-26-19-24(22(7-2)20-30-25(29)8-3)33-28(34-26)37-15-17-38-18-16-37/h7-8,10-11,19-21H,2-3,6,9,12-18H2,1,4-5H3,(H2,29,30)(H,32,33,34)/b22-20+. The summed E-state index contributed by atoms with van der Waals surface area (Å²) in [5.74, 6) is 2.49. The van der Waals surface area contributed by atoms with Gasteiger partial charge in [0.1, 0.15) is 17.5 Å². The minimum Gasteiger partial charge on any atom is -0.384 e. The monoisotopic (exact) mass is 519 g/mol. The van der Waals surface area contributed by atoms with Gasteiger partial charge in [-0.1, -0.05) is 33.1 Å². The van der Waals surface area contributed by atoms with Gasteiger partial charge in [0.25, 0.3) is 0 Å². The van der Waals surface area contributed by atoms with Crippen molar-refractivity contribution in [1.29, 1.82) is 0 Å². The van der Waals surface area contributed by atoms with Crippen LogP contribution in [0.25, 0.3) is 5.57 Å². The van der Waals surface area contributed by atoms with E-state index in [2.05, 4.69) is 64.0 Å². The number of aliphatic imine (C=N–C) groups is 1. The number of nitrogens with zero attached hydrogens (tertiary/aromatic N) is 7. The second-order valence-electron chi connectivity index (χ2n) is 8.97. The van der Waals surface area contributed by atoms with Gasteiger partial charge in [-0.05, 0) is 37.7 Å². The number of nitrogens with two attached hydrogens (primary N) is 1. The number of likely N-dealkylation sites (N-methyl/N-ethyl adjacent to an activating group) is 2. The van der Waals surface area contributed by atoms with E-state index in [0.29, 0.717) is 55.2 Å². The number of allylic oxidation sites excluding steroid dienone is 2. The smallest absolute Gasteiger partial charge is 0.228 e. The van der Waals surface area contributed by atoms with Gasteiger partial charge in [-0.2, -0.15) is 4.98 Å². The van der Waals surface area contributed by atoms with E-state index in [1.54, 1.807) is 12.3 Å². The number of ether oxygens (including phenoxy) is 1. The summed E-state index contributed by atoms with van der Waals surface area (Å²) < 4.78 is 5.51. The largest absolute Gasteiger partial charge is 0.384 e. The summed E-state index contributed by atoms with van der Waals surface area (Å²) in [5, 5.41) is 3.38. The number of amidine groups is 1. The number of pyridine rings is 1. The Morgan fingerprint density at radius 3 is 2.58 bits per heavy atom. The van der Waals surface area contributed by atoms with Gasteiger partial charge in [-0.15, -0.1) is 0 Å². The predicted octanol–water partition coefficient (Wildman–Crippen LogP) is 3.69. The van der Waals surface area contributed by atoms with Crippen molar-refractivity contribution < 1.29 is 4.74 Å². The molecule has 0 aromatic carbocycles. The minimum atomic E-state index is 0.314. The van der Waals surface area contributed by atoms with Crippen LogP contribution in [-0.2, 0) is 4.74 Å². The second kappa shape index (κ2) is 14.8. The van der Waals surface area contributed by atoms with Crippen molar-refractivity contribution in [1.82, 2.24) is 19.9 Å². The molecular formula is C28H41N9O. The van der Waals surface area contributed by atoms with Crippen LogP contribution in [0.5, 0.6) is 0 Å². The molecule has 0 atom stereocenters. The molecule has 0 amide bonds. The van der Waals surface area contributed by atoms with E-state index in [1.807, 2.05) is 24.4 Å². The lowest BCUT2D eigenvalue weighted by Crippen LogP contribution is -2.37. The van der Waals surface area contributed by atoms with Crippen molar-refractivity contribution in [2.75, 3.05) is 74.6 Å². The van der Waals surface area contributed by atoms with Gasteiger partial charge in [0.15, 0.2) is 0 Å². The van der Waals surface area contributed by atoms with Crippen LogP contribution >= 0.6 is 0 Å². The van der Waals surface area contributed by atoms with Gasteiger partial charge in [-0.25, -0.2) is 15.0 Å². The molecule has 0 radical (unpaired) electrons. The number of morpholine rings is 1. The van der Waals surface area contributed by atoms with E-state index in [0.717, 1.165) is 44.1 Å². The van der Waals surface area contributed by atoms with Crippen molar-refractivity contribution in [3.63, 3.8) is 0 Å². The van der Waals surface area contributed by atoms with E-state index in [4.69, 9.17) is 20.4 Å². The van der Waals surface area contributed by atoms with Crippen LogP contribution in [0.15, 0.2) is 60.9 Å². The van der Waals surface area contributed by atoms with Crippen molar-refractivity contribution in [2.24, 2.45) is 10.7 Å². The first-order chi connectivity index (χ1) is 18.5. The molecule has 0 aliphatic carbocycles. The number of rotatable bonds is 14. The normalized spacial score (nSPS) is 14.5. The SMILES string of the molecule is C=CC(N)=N/C=C(\C=C)c1cc(Nc2ccc(N(C)CCN(CC)CCC)nc2)nc(N2CCOCC2)n1. The lowest BCUT2D eigenvalue weighted by molar-refractivity contribution is 0.122. The molecule has 1 aliphatic rings. The lowest BCUT2D eigenvalue weighted by Gasteiger charge is -2.27. The second-order valence-corrected chi connectivity index (χ2v) is 8.97. The molecule has 0 spiro atoms. The number of hydrogen-bond acceptors (Lipinski definition) is 9. The van der Waals surface area contributed by atoms with Crippen LogP contribution in [0.3, 0.4) is 0 Å². The van der Waals surface area contributed by atoms with Crippen LogP contribution in [0, 0.1) is 0 Å². The van der Waals surface area contributed by atoms with Crippen LogP contribution in [0.2, 0.25) is 0 Å². The summed E-state index contributed by atoms with van der Waals surface area (Å²) in [6.45, 7) is 18.8. The van der Waals surface area contributed by atoms with E-state index < -0.39 is 0 Å². The highest BCUT2D eigenvalue weighted by Gasteiger charge is 2.17. The Bertz CT molecular complexity index is 1110. The highest BCUT2D eigenvalue weighted by Crippen LogP contribution is 2.24. The van der Waals surface area contributed by atoms with Gasteiger partial charge in [0, 0.05) is 51.1 Å². The molecule has 1 fully saturated rings. The Balaban J connectivity index is 1.81. The summed E-state index contributed by atoms with van der Waals surface area (Å²) in [6, 6.07) is 5.90. The third kappa shape index (κ3) is 8.39. The van der Waals surface area contributed by atoms with E-state index in [9.17, 15) is 0 Å². The molecule has 1 saturated heterocycles. The minimum absolute atomic E-state index is 0.314. The summed E-state index contributed by atoms with van der Waals surface area (Å²) in [6.07, 6.45) is 7.80. The van der Waals surface area contributed by atoms with Crippen LogP contribution in [0.4, 0.5) is 23.3 Å². The maximum Gasteiger partial charge on any atom is 0.228 e. The number of aromatic nitrogens is 3. The Kier molecular flexibility index (Phi) is 11.3. The molecule has 204 valence electrons. The first kappa shape index (κ1) is 28.8. The molecule has 0 unspecified atom stereocenters. The fraction of sp³-hybridized carbons (Fsp3) is 0.429. The van der Waals surface area contributed by atoms with Gasteiger partial charge in [0.2, 0.25) is 5.95 Å². The third-order valence-electron chi connectivity index (χ3n) is 6.24. The summed E-state index contributed by atoms with van der Waals surface area (Å²) in [5.41, 5.74) is 8.02. The molecule has 38 heavy (non-hydrogen) atoms. The fourth-order valence-corrected chi connectivity index (χ4v) is 3.96. The Morgan fingerprint density at radius 1 is 1.16 bits per heavy atom. The molecule has 3 heterocycles. The highest BCUT2D eigenvalue weighted by molar-refractivity contribution is 5.92. The first-order valence-corrected chi connectivity index (χ1v) is 13.1. The molecular weight excluding hydrogens is 478 g/mol. The van der Waals surface area contributed by atoms with E-state index >= 15 is 0 Å². The Labute approximate surface area is 226 Å². The molecule has 0 bridgehead atoms. The zero-order valence-electron chi connectivity index (χ0n) is 22.9. The summed E-state index contributed by atoms with van der Waals surface area (Å²) in [4.78, 5) is 25.2. The number of nitrogens with one attached hydrogen (secondary N) is 1. The van der Waals surface area contributed by atoms with Crippen molar-refractivity contribution in [3.05, 3.63) is 61.6 Å². The molecule has 2 aromatic heterocycles. The molecule has 1 aliphatic heterocycles. The third-order valence-corrected chi connectivity index (χ3v) is 6.24. The molecule has 10 nitrogen and oxygen atoms in total. The van der Waals surface area contributed by atoms with Gasteiger partial charge in [0.05, 0.1) is 30.8 Å². The zero-order chi connectivity index (χ0) is 27.3. The number of hydrogen-bond donors (Lipinski definition) is 2. The average Bonchev–Trinajstić information content (AvgIpc) is 2.96. The average molecular weight is 520 g/mol. The molecule has 3 rings (SSSR count). The maximum absolute atomic E-state index is 5.79. The fourth-order valence-electron chi connectivity index (χ4n) is 3.96. The van der Waals surface area contributed by atoms with Crippen molar-refractivity contribution >= 4 is 34.7 Å². The molecule has 10 heteroatoms. The quantitative estimate of drug-likeness (QED) is 0.219. The summed E-state index contributed by atoms with van der Waals surface area (Å²) in [7, 11) is 2.07. The van der Waals surface area contributed by atoms with Gasteiger partial charge < -0.3 is 30.5 Å². The maximum atomic E-state index is 5.79. The first-order valence-electron chi connectivity index (χ1n) is 13.1. The molecule has 3 N–H and O–H groups in total. The lowest BCUT2D eigenvalue weighted by atomic mass is 10.2. The van der Waals surface area contributed by atoms with Crippen molar-refractivity contribution in [2.45, 2.75) is 20.3 Å². The molecule has 2 aromatic rings. The summed E-state index contributed by atoms with van der Waals surface area (Å²) >= 11 is 0. The predicted molar refractivity (Wildman–Crippen MR) is 158 cm³/mol. The zero-order valence-corrected chi connectivity index (χ0v) is 22.9. The van der Waals surface area contributed by atoms with Gasteiger partial charge in [-0.3, -0.25) is 0 Å². The highest BCUT2D eigenvalue weighted by atomic mass is 16.5. The van der Waals surface area contributed by atoms with E-state index in [-0.39, 0.29) is 0 Å². The van der Waals surface area contributed by atoms with Crippen LogP contribution in [0.1, 0.15) is 26.0 Å². The van der Waals surface area contributed by atoms with Crippen molar-refractivity contribution in [3.8, 4) is 0 Å². The number of anilines is 4. The Morgan fingerprint density at radius 2 is 1.95 bits per heavy atom. The van der Waals surface area contributed by atoms with E-state index in [1.165, 1.54) is 6.08 Å². The van der Waals surface area contributed by atoms with Gasteiger partial charge >= 0.3 is 0 Å². The molecule has 0 saturated carbocycles. The topological polar surface area (TPSA) is 108 Å². The van der Waals surface area contributed by atoms with Crippen LogP contribution in [-0.4, -0.2) is 85.2 Å². The Hall–Kier alpha value is -3.76.